The summed E-state index contributed by atoms with van der Waals surface area (Å²) >= 11 is 0. The van der Waals surface area contributed by atoms with E-state index in [4.69, 9.17) is 5.73 Å². The summed E-state index contributed by atoms with van der Waals surface area (Å²) in [4.78, 5) is 12.1. The van der Waals surface area contributed by atoms with E-state index in [0.29, 0.717) is 12.3 Å². The molecule has 0 radical (unpaired) electrons. The first-order chi connectivity index (χ1) is 11.0. The van der Waals surface area contributed by atoms with Crippen LogP contribution >= 0.6 is 0 Å². The van der Waals surface area contributed by atoms with E-state index < -0.39 is 5.41 Å². The van der Waals surface area contributed by atoms with Crippen molar-refractivity contribution < 1.29 is 4.79 Å². The topological polar surface area (TPSA) is 55.1 Å². The second kappa shape index (κ2) is 8.11. The molecule has 0 saturated carbocycles. The van der Waals surface area contributed by atoms with Crippen molar-refractivity contribution in [3.05, 3.63) is 54.1 Å². The van der Waals surface area contributed by atoms with Gasteiger partial charge >= 0.3 is 0 Å². The van der Waals surface area contributed by atoms with Crippen molar-refractivity contribution in [2.24, 2.45) is 17.1 Å². The predicted molar refractivity (Wildman–Crippen MR) is 96.7 cm³/mol. The molecule has 124 valence electrons. The smallest absolute Gasteiger partial charge is 0.227 e. The number of benzene rings is 1. The van der Waals surface area contributed by atoms with Crippen LogP contribution in [0.5, 0.6) is 0 Å². The normalized spacial score (nSPS) is 20.6. The van der Waals surface area contributed by atoms with E-state index in [1.165, 1.54) is 5.57 Å². The summed E-state index contributed by atoms with van der Waals surface area (Å²) in [6.07, 6.45) is 8.60. The Hall–Kier alpha value is -1.87. The second-order valence-electron chi connectivity index (χ2n) is 6.80. The number of rotatable bonds is 8. The minimum absolute atomic E-state index is 0.235. The lowest BCUT2D eigenvalue weighted by molar-refractivity contribution is -0.125. The number of nitrogens with two attached hydrogens (primary N) is 1. The van der Waals surface area contributed by atoms with Crippen LogP contribution in [0.4, 0.5) is 0 Å². The first-order valence-electron chi connectivity index (χ1n) is 8.48. The summed E-state index contributed by atoms with van der Waals surface area (Å²) in [5.41, 5.74) is 7.52. The highest BCUT2D eigenvalue weighted by Crippen LogP contribution is 2.38. The lowest BCUT2D eigenvalue weighted by Gasteiger charge is -2.31. The van der Waals surface area contributed by atoms with Crippen molar-refractivity contribution in [3.8, 4) is 0 Å². The van der Waals surface area contributed by atoms with Gasteiger partial charge in [-0.05, 0) is 49.4 Å². The zero-order valence-corrected chi connectivity index (χ0v) is 14.2. The summed E-state index contributed by atoms with van der Waals surface area (Å²) in [5.74, 6) is 0.454. The van der Waals surface area contributed by atoms with E-state index in [1.54, 1.807) is 0 Å². The molecule has 1 aromatic rings. The Labute approximate surface area is 139 Å². The fraction of sp³-hybridized carbons (Fsp3) is 0.450. The van der Waals surface area contributed by atoms with Gasteiger partial charge in [0.25, 0.3) is 0 Å². The van der Waals surface area contributed by atoms with Crippen LogP contribution in [0.1, 0.15) is 38.7 Å². The lowest BCUT2D eigenvalue weighted by atomic mass is 9.73. The third kappa shape index (κ3) is 4.80. The SMILES string of the molecule is CC(C)CCNCCC1(C(N)=O)C=CC=C(c2ccccc2)C1. The average molecular weight is 312 g/mol. The molecule has 0 fully saturated rings. The number of allylic oxidation sites excluding steroid dienone is 3. The highest BCUT2D eigenvalue weighted by atomic mass is 16.1. The molecule has 3 nitrogen and oxygen atoms in total. The van der Waals surface area contributed by atoms with Gasteiger partial charge in [0, 0.05) is 0 Å². The first kappa shape index (κ1) is 17.5. The van der Waals surface area contributed by atoms with Crippen LogP contribution in [0, 0.1) is 11.3 Å². The molecule has 1 atom stereocenters. The minimum atomic E-state index is -0.579. The summed E-state index contributed by atoms with van der Waals surface area (Å²) in [7, 11) is 0. The van der Waals surface area contributed by atoms with E-state index in [-0.39, 0.29) is 5.91 Å². The molecular formula is C20H28N2O. The number of hydrogen-bond acceptors (Lipinski definition) is 2. The number of hydrogen-bond donors (Lipinski definition) is 2. The molecule has 0 heterocycles. The Bertz CT molecular complexity index is 575. The average Bonchev–Trinajstić information content (AvgIpc) is 2.55. The molecule has 23 heavy (non-hydrogen) atoms. The Morgan fingerprint density at radius 2 is 2.00 bits per heavy atom. The quantitative estimate of drug-likeness (QED) is 0.722. The standard InChI is InChI=1S/C20H28N2O/c1-16(2)10-13-22-14-12-20(19(21)23)11-6-9-18(15-20)17-7-4-3-5-8-17/h3-9,11,16,22H,10,12-15H2,1-2H3,(H2,21,23). The number of carbonyl (C=O) groups is 1. The molecule has 3 N–H and O–H groups in total. The van der Waals surface area contributed by atoms with E-state index >= 15 is 0 Å². The highest BCUT2D eigenvalue weighted by molar-refractivity contribution is 5.87. The maximum Gasteiger partial charge on any atom is 0.227 e. The molecule has 1 unspecified atom stereocenters. The van der Waals surface area contributed by atoms with Crippen LogP contribution in [0.2, 0.25) is 0 Å². The molecule has 0 spiro atoms. The van der Waals surface area contributed by atoms with Crippen LogP contribution in [0.15, 0.2) is 48.6 Å². The van der Waals surface area contributed by atoms with Crippen LogP contribution < -0.4 is 11.1 Å². The Morgan fingerprint density at radius 3 is 2.65 bits per heavy atom. The van der Waals surface area contributed by atoms with Crippen molar-refractivity contribution in [2.45, 2.75) is 33.1 Å². The van der Waals surface area contributed by atoms with Crippen molar-refractivity contribution in [3.63, 3.8) is 0 Å². The number of primary amides is 1. The molecule has 1 aliphatic rings. The molecule has 1 aliphatic carbocycles. The maximum absolute atomic E-state index is 12.1. The third-order valence-electron chi connectivity index (χ3n) is 4.50. The van der Waals surface area contributed by atoms with Crippen LogP contribution in [-0.2, 0) is 4.79 Å². The van der Waals surface area contributed by atoms with Gasteiger partial charge in [-0.1, -0.05) is 62.4 Å². The van der Waals surface area contributed by atoms with Crippen molar-refractivity contribution >= 4 is 11.5 Å². The maximum atomic E-state index is 12.1. The number of carbonyl (C=O) groups excluding carboxylic acids is 1. The number of amides is 1. The summed E-state index contributed by atoms with van der Waals surface area (Å²) in [5, 5.41) is 3.44. The van der Waals surface area contributed by atoms with Crippen molar-refractivity contribution in [1.82, 2.24) is 5.32 Å². The van der Waals surface area contributed by atoms with Gasteiger partial charge in [-0.2, -0.15) is 0 Å². The molecule has 3 heteroatoms. The first-order valence-corrected chi connectivity index (χ1v) is 8.48. The molecule has 1 amide bonds. The lowest BCUT2D eigenvalue weighted by Crippen LogP contribution is -2.39. The van der Waals surface area contributed by atoms with Crippen LogP contribution in [-0.4, -0.2) is 19.0 Å². The van der Waals surface area contributed by atoms with E-state index in [1.807, 2.05) is 30.4 Å². The molecule has 0 bridgehead atoms. The summed E-state index contributed by atoms with van der Waals surface area (Å²) in [6.45, 7) is 6.22. The summed E-state index contributed by atoms with van der Waals surface area (Å²) in [6, 6.07) is 10.2. The Balaban J connectivity index is 2.00. The second-order valence-corrected chi connectivity index (χ2v) is 6.80. The molecule has 0 saturated heterocycles. The van der Waals surface area contributed by atoms with Gasteiger partial charge in [0.2, 0.25) is 5.91 Å². The van der Waals surface area contributed by atoms with Gasteiger partial charge in [0.15, 0.2) is 0 Å². The van der Waals surface area contributed by atoms with Gasteiger partial charge in [-0.25, -0.2) is 0 Å². The molecular weight excluding hydrogens is 284 g/mol. The van der Waals surface area contributed by atoms with Gasteiger partial charge in [-0.15, -0.1) is 0 Å². The molecule has 2 rings (SSSR count). The highest BCUT2D eigenvalue weighted by Gasteiger charge is 2.35. The van der Waals surface area contributed by atoms with Gasteiger partial charge in [0.05, 0.1) is 5.41 Å². The summed E-state index contributed by atoms with van der Waals surface area (Å²) < 4.78 is 0. The van der Waals surface area contributed by atoms with Crippen LogP contribution in [0.3, 0.4) is 0 Å². The zero-order chi connectivity index (χ0) is 16.7. The monoisotopic (exact) mass is 312 g/mol. The Morgan fingerprint density at radius 1 is 1.26 bits per heavy atom. The van der Waals surface area contributed by atoms with Gasteiger partial charge in [0.1, 0.15) is 0 Å². The molecule has 0 aromatic heterocycles. The minimum Gasteiger partial charge on any atom is -0.369 e. The fourth-order valence-corrected chi connectivity index (χ4v) is 2.95. The fourth-order valence-electron chi connectivity index (χ4n) is 2.95. The van der Waals surface area contributed by atoms with E-state index in [0.717, 1.165) is 31.5 Å². The van der Waals surface area contributed by atoms with Crippen molar-refractivity contribution in [2.75, 3.05) is 13.1 Å². The van der Waals surface area contributed by atoms with Gasteiger partial charge < -0.3 is 11.1 Å². The van der Waals surface area contributed by atoms with Crippen molar-refractivity contribution in [1.29, 1.82) is 0 Å². The van der Waals surface area contributed by atoms with Crippen LogP contribution in [0.25, 0.3) is 5.57 Å². The Kier molecular flexibility index (Phi) is 6.17. The molecule has 1 aromatic carbocycles. The third-order valence-corrected chi connectivity index (χ3v) is 4.50. The van der Waals surface area contributed by atoms with E-state index in [9.17, 15) is 4.79 Å². The zero-order valence-electron chi connectivity index (χ0n) is 14.2. The predicted octanol–water partition coefficient (Wildman–Crippen LogP) is 3.53. The van der Waals surface area contributed by atoms with Gasteiger partial charge in [-0.3, -0.25) is 4.79 Å². The number of nitrogens with one attached hydrogen (secondary N) is 1. The van der Waals surface area contributed by atoms with E-state index in [2.05, 4.69) is 37.4 Å². The molecule has 0 aliphatic heterocycles. The largest absolute Gasteiger partial charge is 0.369 e.